The highest BCUT2D eigenvalue weighted by atomic mass is 16.5. The van der Waals surface area contributed by atoms with Gasteiger partial charge in [-0.15, -0.1) is 0 Å². The number of aliphatic carboxylic acids is 1. The molecule has 0 unspecified atom stereocenters. The number of esters is 1. The van der Waals surface area contributed by atoms with Crippen LogP contribution in [0.2, 0.25) is 0 Å². The number of benzene rings is 2. The Morgan fingerprint density at radius 2 is 1.69 bits per heavy atom. The fourth-order valence-electron chi connectivity index (χ4n) is 2.70. The van der Waals surface area contributed by atoms with Crippen LogP contribution < -0.4 is 4.74 Å². The molecule has 5 heteroatoms. The number of aryl methyl sites for hydroxylation is 2. The molecule has 0 aliphatic rings. The zero-order valence-corrected chi connectivity index (χ0v) is 15.1. The third kappa shape index (κ3) is 5.21. The monoisotopic (exact) mass is 354 g/mol. The fourth-order valence-corrected chi connectivity index (χ4v) is 2.70. The van der Waals surface area contributed by atoms with Crippen LogP contribution in [0.3, 0.4) is 0 Å². The Kier molecular flexibility index (Phi) is 6.55. The molecule has 0 aliphatic carbocycles. The summed E-state index contributed by atoms with van der Waals surface area (Å²) >= 11 is 0. The van der Waals surface area contributed by atoms with E-state index in [4.69, 9.17) is 9.84 Å². The van der Waals surface area contributed by atoms with Crippen LogP contribution >= 0.6 is 0 Å². The van der Waals surface area contributed by atoms with Gasteiger partial charge >= 0.3 is 11.9 Å². The first kappa shape index (κ1) is 19.2. The van der Waals surface area contributed by atoms with E-state index in [0.29, 0.717) is 6.61 Å². The van der Waals surface area contributed by atoms with Gasteiger partial charge in [0.2, 0.25) is 0 Å². The van der Waals surface area contributed by atoms with E-state index in [1.807, 2.05) is 56.3 Å². The highest BCUT2D eigenvalue weighted by molar-refractivity contribution is 5.98. The van der Waals surface area contributed by atoms with E-state index in [0.717, 1.165) is 28.0 Å². The molecule has 0 saturated heterocycles. The summed E-state index contributed by atoms with van der Waals surface area (Å²) in [6, 6.07) is 13.6. The summed E-state index contributed by atoms with van der Waals surface area (Å²) in [5, 5.41) is 8.97. The third-order valence-corrected chi connectivity index (χ3v) is 3.84. The predicted octanol–water partition coefficient (Wildman–Crippen LogP) is 3.91. The molecule has 0 fully saturated rings. The van der Waals surface area contributed by atoms with Gasteiger partial charge < -0.3 is 14.6 Å². The van der Waals surface area contributed by atoms with Crippen LogP contribution in [0.4, 0.5) is 0 Å². The molecular formula is C21H22O5. The summed E-state index contributed by atoms with van der Waals surface area (Å²) in [7, 11) is 1.23. The number of carboxylic acids is 1. The van der Waals surface area contributed by atoms with Gasteiger partial charge in [0.15, 0.2) is 0 Å². The molecular weight excluding hydrogens is 332 g/mol. The number of carboxylic acid groups (broad SMARTS) is 1. The van der Waals surface area contributed by atoms with Gasteiger partial charge in [-0.05, 0) is 54.3 Å². The van der Waals surface area contributed by atoms with Crippen molar-refractivity contribution in [1.82, 2.24) is 0 Å². The van der Waals surface area contributed by atoms with Crippen molar-refractivity contribution in [3.63, 3.8) is 0 Å². The van der Waals surface area contributed by atoms with Crippen LogP contribution in [0.1, 0.15) is 28.7 Å². The van der Waals surface area contributed by atoms with Crippen LogP contribution in [0.25, 0.3) is 6.08 Å². The van der Waals surface area contributed by atoms with Crippen LogP contribution in [-0.2, 0) is 20.9 Å². The largest absolute Gasteiger partial charge is 0.488 e. The SMILES string of the molecule is COC(=O)/C(=C\c1cc(C)c(OCc2ccccc2)c(C)c1)CC(=O)O. The number of rotatable bonds is 7. The topological polar surface area (TPSA) is 72.8 Å². The molecule has 26 heavy (non-hydrogen) atoms. The van der Waals surface area contributed by atoms with Crippen molar-refractivity contribution >= 4 is 18.0 Å². The van der Waals surface area contributed by atoms with Gasteiger partial charge in [0.1, 0.15) is 12.4 Å². The normalized spacial score (nSPS) is 11.1. The van der Waals surface area contributed by atoms with Gasteiger partial charge in [-0.25, -0.2) is 4.79 Å². The van der Waals surface area contributed by atoms with Crippen molar-refractivity contribution in [2.24, 2.45) is 0 Å². The molecule has 0 atom stereocenters. The number of carbonyl (C=O) groups excluding carboxylic acids is 1. The second-order valence-corrected chi connectivity index (χ2v) is 5.99. The van der Waals surface area contributed by atoms with Gasteiger partial charge in [0.25, 0.3) is 0 Å². The minimum Gasteiger partial charge on any atom is -0.488 e. The Bertz CT molecular complexity index is 799. The van der Waals surface area contributed by atoms with E-state index in [9.17, 15) is 9.59 Å². The number of hydrogen-bond acceptors (Lipinski definition) is 4. The molecule has 0 radical (unpaired) electrons. The zero-order chi connectivity index (χ0) is 19.1. The lowest BCUT2D eigenvalue weighted by Crippen LogP contribution is -2.09. The van der Waals surface area contributed by atoms with E-state index >= 15 is 0 Å². The Labute approximate surface area is 152 Å². The maximum atomic E-state index is 11.8. The first-order chi connectivity index (χ1) is 12.4. The highest BCUT2D eigenvalue weighted by Crippen LogP contribution is 2.27. The lowest BCUT2D eigenvalue weighted by molar-refractivity contribution is -0.141. The van der Waals surface area contributed by atoms with Crippen molar-refractivity contribution in [2.45, 2.75) is 26.9 Å². The lowest BCUT2D eigenvalue weighted by atomic mass is 10.0. The van der Waals surface area contributed by atoms with Gasteiger partial charge in [-0.1, -0.05) is 30.3 Å². The highest BCUT2D eigenvalue weighted by Gasteiger charge is 2.15. The van der Waals surface area contributed by atoms with E-state index in [2.05, 4.69) is 4.74 Å². The van der Waals surface area contributed by atoms with Gasteiger partial charge in [-0.3, -0.25) is 4.79 Å². The molecule has 0 heterocycles. The molecule has 0 spiro atoms. The van der Waals surface area contributed by atoms with E-state index in [1.54, 1.807) is 6.08 Å². The van der Waals surface area contributed by atoms with Crippen molar-refractivity contribution in [3.05, 3.63) is 70.3 Å². The molecule has 1 N–H and O–H groups in total. The summed E-state index contributed by atoms with van der Waals surface area (Å²) in [4.78, 5) is 22.7. The van der Waals surface area contributed by atoms with Crippen molar-refractivity contribution in [3.8, 4) is 5.75 Å². The van der Waals surface area contributed by atoms with Gasteiger partial charge in [0.05, 0.1) is 13.5 Å². The predicted molar refractivity (Wildman–Crippen MR) is 98.9 cm³/mol. The van der Waals surface area contributed by atoms with Crippen LogP contribution in [0.5, 0.6) is 5.75 Å². The van der Waals surface area contributed by atoms with Crippen molar-refractivity contribution < 1.29 is 24.2 Å². The van der Waals surface area contributed by atoms with E-state index < -0.39 is 18.4 Å². The Morgan fingerprint density at radius 3 is 2.23 bits per heavy atom. The summed E-state index contributed by atoms with van der Waals surface area (Å²) in [5.74, 6) is -0.950. The quantitative estimate of drug-likeness (QED) is 0.603. The first-order valence-electron chi connectivity index (χ1n) is 8.19. The Balaban J connectivity index is 2.25. The molecule has 0 aromatic heterocycles. The third-order valence-electron chi connectivity index (χ3n) is 3.84. The van der Waals surface area contributed by atoms with Crippen LogP contribution in [0, 0.1) is 13.8 Å². The van der Waals surface area contributed by atoms with Gasteiger partial charge in [-0.2, -0.15) is 0 Å². The average Bonchev–Trinajstić information content (AvgIpc) is 2.60. The smallest absolute Gasteiger partial charge is 0.334 e. The minimum atomic E-state index is -1.09. The number of carbonyl (C=O) groups is 2. The van der Waals surface area contributed by atoms with Crippen molar-refractivity contribution in [2.75, 3.05) is 7.11 Å². The summed E-state index contributed by atoms with van der Waals surface area (Å²) < 4.78 is 10.6. The molecule has 2 aromatic rings. The molecule has 0 bridgehead atoms. The Hall–Kier alpha value is -3.08. The summed E-state index contributed by atoms with van der Waals surface area (Å²) in [6.07, 6.45) is 1.15. The molecule has 0 aliphatic heterocycles. The molecule has 2 aromatic carbocycles. The zero-order valence-electron chi connectivity index (χ0n) is 15.1. The molecule has 5 nitrogen and oxygen atoms in total. The number of methoxy groups -OCH3 is 1. The minimum absolute atomic E-state index is 0.0942. The van der Waals surface area contributed by atoms with Crippen molar-refractivity contribution in [1.29, 1.82) is 0 Å². The maximum Gasteiger partial charge on any atom is 0.334 e. The molecule has 0 amide bonds. The number of hydrogen-bond donors (Lipinski definition) is 1. The second kappa shape index (κ2) is 8.85. The van der Waals surface area contributed by atoms with Crippen LogP contribution in [-0.4, -0.2) is 24.2 Å². The lowest BCUT2D eigenvalue weighted by Gasteiger charge is -2.14. The fraction of sp³-hybridized carbons (Fsp3) is 0.238. The van der Waals surface area contributed by atoms with E-state index in [1.165, 1.54) is 7.11 Å². The second-order valence-electron chi connectivity index (χ2n) is 5.99. The molecule has 136 valence electrons. The molecule has 0 saturated carbocycles. The average molecular weight is 354 g/mol. The van der Waals surface area contributed by atoms with Crippen LogP contribution in [0.15, 0.2) is 48.0 Å². The maximum absolute atomic E-state index is 11.8. The summed E-state index contributed by atoms with van der Waals surface area (Å²) in [6.45, 7) is 4.30. The standard InChI is InChI=1S/C21H22O5/c1-14-9-17(11-18(12-19(22)23)21(24)25-3)10-15(2)20(14)26-13-16-7-5-4-6-8-16/h4-11H,12-13H2,1-3H3,(H,22,23)/b18-11-. The Morgan fingerprint density at radius 1 is 1.08 bits per heavy atom. The summed E-state index contributed by atoms with van der Waals surface area (Å²) in [5.41, 5.74) is 3.72. The number of ether oxygens (including phenoxy) is 2. The van der Waals surface area contributed by atoms with Gasteiger partial charge in [0, 0.05) is 5.57 Å². The first-order valence-corrected chi connectivity index (χ1v) is 8.19. The molecule has 2 rings (SSSR count). The van der Waals surface area contributed by atoms with E-state index in [-0.39, 0.29) is 5.57 Å².